The highest BCUT2D eigenvalue weighted by Gasteiger charge is 2.42. The summed E-state index contributed by atoms with van der Waals surface area (Å²) in [4.78, 5) is 12.6. The molecule has 1 saturated heterocycles. The van der Waals surface area contributed by atoms with Gasteiger partial charge in [-0.25, -0.2) is 4.79 Å². The summed E-state index contributed by atoms with van der Waals surface area (Å²) in [6.45, 7) is 10.3. The number of aryl methyl sites for hydroxylation is 2. The first-order valence-corrected chi connectivity index (χ1v) is 13.0. The zero-order valence-electron chi connectivity index (χ0n) is 22.8. The molecule has 37 heavy (non-hydrogen) atoms. The van der Waals surface area contributed by atoms with E-state index in [1.54, 1.807) is 0 Å². The molecule has 7 heteroatoms. The third-order valence-corrected chi connectivity index (χ3v) is 6.18. The lowest BCUT2D eigenvalue weighted by Gasteiger charge is -2.44. The van der Waals surface area contributed by atoms with Crippen molar-refractivity contribution >= 4 is 6.09 Å². The predicted molar refractivity (Wildman–Crippen MR) is 142 cm³/mol. The van der Waals surface area contributed by atoms with Crippen molar-refractivity contribution in [1.82, 2.24) is 5.32 Å². The molecule has 0 spiro atoms. The largest absolute Gasteiger partial charge is 0.492 e. The Hall–Kier alpha value is -3.08. The molecular formula is C30H40N2O5. The minimum atomic E-state index is -0.738. The molecule has 1 heterocycles. The van der Waals surface area contributed by atoms with Crippen LogP contribution < -0.4 is 10.1 Å². The van der Waals surface area contributed by atoms with Crippen molar-refractivity contribution in [2.75, 3.05) is 19.8 Å². The Labute approximate surface area is 221 Å². The Bertz CT molecular complexity index is 1060. The van der Waals surface area contributed by atoms with E-state index >= 15 is 0 Å². The average molecular weight is 509 g/mol. The maximum Gasteiger partial charge on any atom is 0.408 e. The number of nitriles is 1. The van der Waals surface area contributed by atoms with Crippen molar-refractivity contribution < 1.29 is 23.7 Å². The molecule has 0 saturated carbocycles. The van der Waals surface area contributed by atoms with Crippen molar-refractivity contribution in [3.05, 3.63) is 65.2 Å². The van der Waals surface area contributed by atoms with Crippen LogP contribution in [0.1, 0.15) is 70.6 Å². The van der Waals surface area contributed by atoms with E-state index in [9.17, 15) is 10.1 Å². The second-order valence-electron chi connectivity index (χ2n) is 11.1. The van der Waals surface area contributed by atoms with Crippen LogP contribution in [0.5, 0.6) is 5.75 Å². The van der Waals surface area contributed by atoms with Crippen LogP contribution in [0.3, 0.4) is 0 Å². The number of nitrogens with one attached hydrogen (secondary N) is 1. The topological polar surface area (TPSA) is 89.8 Å². The van der Waals surface area contributed by atoms with E-state index in [0.717, 1.165) is 24.8 Å². The molecule has 1 aliphatic heterocycles. The number of benzene rings is 2. The third-order valence-electron chi connectivity index (χ3n) is 6.18. The molecular weight excluding hydrogens is 468 g/mol. The quantitative estimate of drug-likeness (QED) is 0.400. The van der Waals surface area contributed by atoms with Gasteiger partial charge in [-0.05, 0) is 90.0 Å². The fourth-order valence-corrected chi connectivity index (χ4v) is 4.09. The number of hydrogen-bond donors (Lipinski definition) is 1. The Balaban J connectivity index is 1.57. The van der Waals surface area contributed by atoms with E-state index in [0.29, 0.717) is 44.0 Å². The second-order valence-corrected chi connectivity index (χ2v) is 11.1. The number of nitrogens with zero attached hydrogens (tertiary/aromatic N) is 1. The summed E-state index contributed by atoms with van der Waals surface area (Å²) in [6.07, 6.45) is 3.63. The summed E-state index contributed by atoms with van der Waals surface area (Å²) in [5.41, 5.74) is 1.45. The summed E-state index contributed by atoms with van der Waals surface area (Å²) in [5, 5.41) is 12.7. The van der Waals surface area contributed by atoms with Gasteiger partial charge in [-0.15, -0.1) is 0 Å². The maximum absolute atomic E-state index is 12.6. The number of carbonyl (C=O) groups is 1. The highest BCUT2D eigenvalue weighted by atomic mass is 16.7. The van der Waals surface area contributed by atoms with Gasteiger partial charge in [-0.2, -0.15) is 5.26 Å². The smallest absolute Gasteiger partial charge is 0.408 e. The number of ether oxygens (including phenoxy) is 4. The van der Waals surface area contributed by atoms with E-state index in [1.807, 2.05) is 58.9 Å². The van der Waals surface area contributed by atoms with Gasteiger partial charge < -0.3 is 24.3 Å². The van der Waals surface area contributed by atoms with E-state index in [1.165, 1.54) is 5.56 Å². The zero-order chi connectivity index (χ0) is 26.9. The molecule has 7 nitrogen and oxygen atoms in total. The van der Waals surface area contributed by atoms with Gasteiger partial charge >= 0.3 is 6.09 Å². The van der Waals surface area contributed by atoms with Gasteiger partial charge in [0.15, 0.2) is 5.79 Å². The number of rotatable bonds is 10. The van der Waals surface area contributed by atoms with E-state index in [4.69, 9.17) is 18.9 Å². The fourth-order valence-electron chi connectivity index (χ4n) is 4.09. The van der Waals surface area contributed by atoms with Crippen molar-refractivity contribution in [3.63, 3.8) is 0 Å². The molecule has 1 amide bonds. The number of hydrogen-bond acceptors (Lipinski definition) is 6. The maximum atomic E-state index is 12.6. The van der Waals surface area contributed by atoms with Gasteiger partial charge in [-0.1, -0.05) is 36.4 Å². The van der Waals surface area contributed by atoms with Crippen molar-refractivity contribution in [1.29, 1.82) is 5.26 Å². The molecule has 3 rings (SSSR count). The van der Waals surface area contributed by atoms with Gasteiger partial charge in [0.1, 0.15) is 17.4 Å². The fraction of sp³-hybridized carbons (Fsp3) is 0.533. The molecule has 0 aromatic heterocycles. The van der Waals surface area contributed by atoms with E-state index < -0.39 is 23.0 Å². The van der Waals surface area contributed by atoms with Crippen LogP contribution >= 0.6 is 0 Å². The van der Waals surface area contributed by atoms with Crippen molar-refractivity contribution in [2.45, 2.75) is 83.6 Å². The van der Waals surface area contributed by atoms with Crippen LogP contribution in [-0.2, 0) is 27.1 Å². The molecule has 0 unspecified atom stereocenters. The summed E-state index contributed by atoms with van der Waals surface area (Å²) in [7, 11) is 0. The van der Waals surface area contributed by atoms with Gasteiger partial charge in [0.05, 0.1) is 30.9 Å². The lowest BCUT2D eigenvalue weighted by Crippen LogP contribution is -2.61. The third kappa shape index (κ3) is 9.38. The van der Waals surface area contributed by atoms with Crippen LogP contribution in [0.4, 0.5) is 4.79 Å². The molecule has 1 fully saturated rings. The average Bonchev–Trinajstić information content (AvgIpc) is 2.84. The first-order valence-electron chi connectivity index (χ1n) is 13.0. The standard InChI is InChI=1S/C30H40N2O5/c1-28(2,3)37-27(33)32-30(21-35-29(4,5)36-22-30)17-16-24-14-15-26(25(19-24)20-31)34-18-10-9-13-23-11-7-6-8-12-23/h6-8,11-12,14-15,19H,9-10,13,16-18,21-22H2,1-5H3,(H,32,33). The minimum absolute atomic E-state index is 0.300. The van der Waals surface area contributed by atoms with Crippen LogP contribution in [0.25, 0.3) is 0 Å². The molecule has 1 aliphatic rings. The van der Waals surface area contributed by atoms with E-state index in [2.05, 4.69) is 35.7 Å². The molecule has 200 valence electrons. The highest BCUT2D eigenvalue weighted by molar-refractivity contribution is 5.69. The van der Waals surface area contributed by atoms with Gasteiger partial charge in [0, 0.05) is 0 Å². The molecule has 0 radical (unpaired) electrons. The summed E-state index contributed by atoms with van der Waals surface area (Å²) in [6, 6.07) is 18.3. The minimum Gasteiger partial charge on any atom is -0.492 e. The number of amides is 1. The van der Waals surface area contributed by atoms with Gasteiger partial charge in [-0.3, -0.25) is 0 Å². The first-order chi connectivity index (χ1) is 17.5. The SMILES string of the molecule is CC(C)(C)OC(=O)NC1(CCc2ccc(OCCCCc3ccccc3)c(C#N)c2)COC(C)(C)OC1. The molecule has 0 atom stereocenters. The van der Waals surface area contributed by atoms with Crippen LogP contribution in [-0.4, -0.2) is 42.8 Å². The summed E-state index contributed by atoms with van der Waals surface area (Å²) < 4.78 is 23.2. The van der Waals surface area contributed by atoms with Crippen LogP contribution in [0, 0.1) is 11.3 Å². The Morgan fingerprint density at radius 2 is 1.73 bits per heavy atom. The monoisotopic (exact) mass is 508 g/mol. The zero-order valence-corrected chi connectivity index (χ0v) is 22.8. The second kappa shape index (κ2) is 12.4. The molecule has 0 aliphatic carbocycles. The van der Waals surface area contributed by atoms with Crippen molar-refractivity contribution in [3.8, 4) is 11.8 Å². The Morgan fingerprint density at radius 1 is 1.03 bits per heavy atom. The normalized spacial score (nSPS) is 16.4. The van der Waals surface area contributed by atoms with Crippen LogP contribution in [0.15, 0.2) is 48.5 Å². The lowest BCUT2D eigenvalue weighted by atomic mass is 9.91. The Morgan fingerprint density at radius 3 is 2.38 bits per heavy atom. The van der Waals surface area contributed by atoms with Gasteiger partial charge in [0.25, 0.3) is 0 Å². The first kappa shape index (κ1) is 28.5. The molecule has 2 aromatic carbocycles. The van der Waals surface area contributed by atoms with Gasteiger partial charge in [0.2, 0.25) is 0 Å². The predicted octanol–water partition coefficient (Wildman–Crippen LogP) is 5.94. The number of unbranched alkanes of at least 4 members (excludes halogenated alkanes) is 1. The highest BCUT2D eigenvalue weighted by Crippen LogP contribution is 2.29. The molecule has 2 aromatic rings. The molecule has 0 bridgehead atoms. The lowest BCUT2D eigenvalue weighted by molar-refractivity contribution is -0.271. The number of alkyl carbamates (subject to hydrolysis) is 1. The van der Waals surface area contributed by atoms with Crippen LogP contribution in [0.2, 0.25) is 0 Å². The van der Waals surface area contributed by atoms with E-state index in [-0.39, 0.29) is 0 Å². The number of carbonyl (C=O) groups excluding carboxylic acids is 1. The van der Waals surface area contributed by atoms with Crippen molar-refractivity contribution in [2.24, 2.45) is 0 Å². The summed E-state index contributed by atoms with van der Waals surface area (Å²) in [5.74, 6) is -0.119. The molecule has 1 N–H and O–H groups in total. The Kier molecular flexibility index (Phi) is 9.58. The summed E-state index contributed by atoms with van der Waals surface area (Å²) >= 11 is 0.